The van der Waals surface area contributed by atoms with Gasteiger partial charge in [-0.3, -0.25) is 14.9 Å². The summed E-state index contributed by atoms with van der Waals surface area (Å²) in [6.45, 7) is 1.34. The Morgan fingerprint density at radius 1 is 1.00 bits per heavy atom. The van der Waals surface area contributed by atoms with Gasteiger partial charge >= 0.3 is 5.97 Å². The molecule has 0 heterocycles. The smallest absolute Gasteiger partial charge is 0.350 e. The zero-order chi connectivity index (χ0) is 15.4. The number of nitro benzene ring substituents is 1. The van der Waals surface area contributed by atoms with Crippen LogP contribution in [0.15, 0.2) is 48.5 Å². The van der Waals surface area contributed by atoms with Gasteiger partial charge in [-0.2, -0.15) is 0 Å². The van der Waals surface area contributed by atoms with E-state index in [0.717, 1.165) is 0 Å². The zero-order valence-corrected chi connectivity index (χ0v) is 11.1. The number of para-hydroxylation sites is 2. The third-order valence-electron chi connectivity index (χ3n) is 2.79. The van der Waals surface area contributed by atoms with Crippen LogP contribution in [0.25, 0.3) is 0 Å². The lowest BCUT2D eigenvalue weighted by atomic mass is 10.1. The monoisotopic (exact) mass is 285 g/mol. The van der Waals surface area contributed by atoms with Crippen molar-refractivity contribution in [3.63, 3.8) is 0 Å². The fourth-order valence-electron chi connectivity index (χ4n) is 1.81. The van der Waals surface area contributed by atoms with Crippen LogP contribution in [0.3, 0.4) is 0 Å². The highest BCUT2D eigenvalue weighted by atomic mass is 16.6. The van der Waals surface area contributed by atoms with Gasteiger partial charge in [0.2, 0.25) is 0 Å². The van der Waals surface area contributed by atoms with Crippen LogP contribution in [0, 0.1) is 10.1 Å². The van der Waals surface area contributed by atoms with Crippen molar-refractivity contribution in [2.75, 3.05) is 0 Å². The van der Waals surface area contributed by atoms with Gasteiger partial charge in [0.25, 0.3) is 5.69 Å². The molecule has 0 radical (unpaired) electrons. The minimum Gasteiger partial charge on any atom is -0.422 e. The molecule has 0 aliphatic carbocycles. The molecule has 0 bridgehead atoms. The van der Waals surface area contributed by atoms with Crippen LogP contribution in [-0.2, 0) is 0 Å². The topological polar surface area (TPSA) is 86.5 Å². The van der Waals surface area contributed by atoms with Gasteiger partial charge in [0, 0.05) is 6.07 Å². The van der Waals surface area contributed by atoms with Crippen LogP contribution in [0.1, 0.15) is 27.6 Å². The summed E-state index contributed by atoms with van der Waals surface area (Å²) < 4.78 is 5.12. The normalized spacial score (nSPS) is 9.95. The molecule has 0 aliphatic rings. The van der Waals surface area contributed by atoms with E-state index in [1.165, 1.54) is 43.3 Å². The summed E-state index contributed by atoms with van der Waals surface area (Å²) in [7, 11) is 0. The lowest BCUT2D eigenvalue weighted by Gasteiger charge is -2.08. The van der Waals surface area contributed by atoms with E-state index < -0.39 is 10.9 Å². The zero-order valence-electron chi connectivity index (χ0n) is 11.1. The number of hydrogen-bond donors (Lipinski definition) is 0. The number of carbonyl (C=O) groups excluding carboxylic acids is 2. The Hall–Kier alpha value is -3.02. The maximum atomic E-state index is 12.1. The van der Waals surface area contributed by atoms with E-state index in [2.05, 4.69) is 0 Å². The number of carbonyl (C=O) groups is 2. The molecule has 0 N–H and O–H groups in total. The molecule has 21 heavy (non-hydrogen) atoms. The van der Waals surface area contributed by atoms with Gasteiger partial charge in [-0.25, -0.2) is 4.79 Å². The first-order valence-electron chi connectivity index (χ1n) is 6.06. The van der Waals surface area contributed by atoms with Crippen LogP contribution < -0.4 is 4.74 Å². The maximum absolute atomic E-state index is 12.1. The third kappa shape index (κ3) is 3.11. The Balaban J connectivity index is 2.36. The quantitative estimate of drug-likeness (QED) is 0.283. The Kier molecular flexibility index (Phi) is 4.08. The number of hydrogen-bond acceptors (Lipinski definition) is 5. The SMILES string of the molecule is CC(=O)c1ccccc1OC(=O)c1ccccc1[N+](=O)[O-]. The predicted molar refractivity (Wildman–Crippen MR) is 74.5 cm³/mol. The molecular formula is C15H11NO5. The standard InChI is InChI=1S/C15H11NO5/c1-10(17)11-6-3-5-9-14(11)21-15(18)12-7-2-4-8-13(12)16(19)20/h2-9H,1H3. The van der Waals surface area contributed by atoms with E-state index in [-0.39, 0.29) is 28.3 Å². The minimum absolute atomic E-state index is 0.0770. The molecule has 106 valence electrons. The lowest BCUT2D eigenvalue weighted by Crippen LogP contribution is -2.12. The Morgan fingerprint density at radius 2 is 1.57 bits per heavy atom. The first-order chi connectivity index (χ1) is 10.0. The van der Waals surface area contributed by atoms with Crippen LogP contribution in [-0.4, -0.2) is 16.7 Å². The van der Waals surface area contributed by atoms with Crippen LogP contribution in [0.5, 0.6) is 5.75 Å². The largest absolute Gasteiger partial charge is 0.422 e. The average Bonchev–Trinajstić information content (AvgIpc) is 2.47. The third-order valence-corrected chi connectivity index (χ3v) is 2.79. The van der Waals surface area contributed by atoms with Gasteiger partial charge in [0.15, 0.2) is 5.78 Å². The van der Waals surface area contributed by atoms with Crippen LogP contribution >= 0.6 is 0 Å². The van der Waals surface area contributed by atoms with Crippen LogP contribution in [0.4, 0.5) is 5.69 Å². The number of Topliss-reactive ketones (excluding diaryl/α,β-unsaturated/α-hetero) is 1. The summed E-state index contributed by atoms with van der Waals surface area (Å²) >= 11 is 0. The first-order valence-corrected chi connectivity index (χ1v) is 6.06. The molecule has 0 saturated carbocycles. The van der Waals surface area contributed by atoms with Crippen molar-refractivity contribution in [3.8, 4) is 5.75 Å². The minimum atomic E-state index is -0.879. The highest BCUT2D eigenvalue weighted by Crippen LogP contribution is 2.23. The van der Waals surface area contributed by atoms with E-state index in [1.54, 1.807) is 12.1 Å². The lowest BCUT2D eigenvalue weighted by molar-refractivity contribution is -0.385. The summed E-state index contributed by atoms with van der Waals surface area (Å²) in [6, 6.07) is 11.7. The molecule has 0 aromatic heterocycles. The molecule has 0 amide bonds. The highest BCUT2D eigenvalue weighted by molar-refractivity contribution is 6.00. The van der Waals surface area contributed by atoms with Gasteiger partial charge in [0.05, 0.1) is 10.5 Å². The number of ether oxygens (including phenoxy) is 1. The van der Waals surface area contributed by atoms with Crippen molar-refractivity contribution in [2.24, 2.45) is 0 Å². The summed E-state index contributed by atoms with van der Waals surface area (Å²) in [5.74, 6) is -1.06. The molecular weight excluding hydrogens is 274 g/mol. The van der Waals surface area contributed by atoms with Crippen molar-refractivity contribution in [2.45, 2.75) is 6.92 Å². The Bertz CT molecular complexity index is 724. The van der Waals surface area contributed by atoms with Gasteiger partial charge in [-0.1, -0.05) is 24.3 Å². The summed E-state index contributed by atoms with van der Waals surface area (Å²) in [6.07, 6.45) is 0. The van der Waals surface area contributed by atoms with Crippen molar-refractivity contribution in [3.05, 3.63) is 69.8 Å². The predicted octanol–water partition coefficient (Wildman–Crippen LogP) is 3.02. The second-order valence-corrected chi connectivity index (χ2v) is 4.22. The molecule has 6 nitrogen and oxygen atoms in total. The van der Waals surface area contributed by atoms with Crippen molar-refractivity contribution in [1.82, 2.24) is 0 Å². The fraction of sp³-hybridized carbons (Fsp3) is 0.0667. The van der Waals surface area contributed by atoms with Gasteiger partial charge in [0.1, 0.15) is 11.3 Å². The molecule has 0 saturated heterocycles. The number of esters is 1. The molecule has 0 unspecified atom stereocenters. The van der Waals surface area contributed by atoms with E-state index in [9.17, 15) is 19.7 Å². The number of nitro groups is 1. The van der Waals surface area contributed by atoms with Gasteiger partial charge in [-0.05, 0) is 25.1 Å². The van der Waals surface area contributed by atoms with E-state index in [0.29, 0.717) is 0 Å². The average molecular weight is 285 g/mol. The molecule has 2 aromatic carbocycles. The summed E-state index contributed by atoms with van der Waals surface area (Å²) in [4.78, 5) is 33.8. The first kappa shape index (κ1) is 14.4. The van der Waals surface area contributed by atoms with Gasteiger partial charge < -0.3 is 4.74 Å². The molecule has 6 heteroatoms. The molecule has 0 fully saturated rings. The van der Waals surface area contributed by atoms with E-state index in [4.69, 9.17) is 4.74 Å². The molecule has 2 rings (SSSR count). The van der Waals surface area contributed by atoms with Gasteiger partial charge in [-0.15, -0.1) is 0 Å². The second kappa shape index (κ2) is 5.96. The van der Waals surface area contributed by atoms with Crippen molar-refractivity contribution < 1.29 is 19.2 Å². The number of nitrogens with zero attached hydrogens (tertiary/aromatic N) is 1. The Morgan fingerprint density at radius 3 is 2.19 bits per heavy atom. The number of ketones is 1. The highest BCUT2D eigenvalue weighted by Gasteiger charge is 2.22. The molecule has 2 aromatic rings. The van der Waals surface area contributed by atoms with E-state index >= 15 is 0 Å². The number of rotatable bonds is 4. The van der Waals surface area contributed by atoms with Crippen molar-refractivity contribution >= 4 is 17.4 Å². The summed E-state index contributed by atoms with van der Waals surface area (Å²) in [5.41, 5.74) is -0.270. The molecule has 0 atom stereocenters. The van der Waals surface area contributed by atoms with Crippen molar-refractivity contribution in [1.29, 1.82) is 0 Å². The summed E-state index contributed by atoms with van der Waals surface area (Å²) in [5, 5.41) is 10.9. The Labute approximate surface area is 120 Å². The molecule has 0 spiro atoms. The number of benzene rings is 2. The van der Waals surface area contributed by atoms with Crippen LogP contribution in [0.2, 0.25) is 0 Å². The molecule has 0 aliphatic heterocycles. The second-order valence-electron chi connectivity index (χ2n) is 4.22. The van der Waals surface area contributed by atoms with E-state index in [1.807, 2.05) is 0 Å². The fourth-order valence-corrected chi connectivity index (χ4v) is 1.81. The maximum Gasteiger partial charge on any atom is 0.350 e.